The largest absolute Gasteiger partial charge is 0.261 e. The minimum atomic E-state index is 0.414. The van der Waals surface area contributed by atoms with E-state index in [1.165, 1.54) is 18.4 Å². The van der Waals surface area contributed by atoms with E-state index in [9.17, 15) is 0 Å². The first-order valence-corrected chi connectivity index (χ1v) is 7.01. The molecule has 1 saturated carbocycles. The molecule has 0 aliphatic heterocycles. The average Bonchev–Trinajstić information content (AvgIpc) is 3.18. The van der Waals surface area contributed by atoms with Crippen LogP contribution in [0.4, 0.5) is 0 Å². The minimum absolute atomic E-state index is 0.414. The lowest BCUT2D eigenvalue weighted by atomic mass is 9.97. The van der Waals surface area contributed by atoms with E-state index in [4.69, 9.17) is 0 Å². The molecule has 1 aliphatic rings. The van der Waals surface area contributed by atoms with Crippen molar-refractivity contribution in [2.45, 2.75) is 44.9 Å². The highest BCUT2D eigenvalue weighted by Crippen LogP contribution is 2.47. The lowest BCUT2D eigenvalue weighted by Gasteiger charge is -2.10. The normalized spacial score (nSPS) is 16.6. The maximum absolute atomic E-state index is 4.69. The van der Waals surface area contributed by atoms with Crippen LogP contribution < -0.4 is 0 Å². The highest BCUT2D eigenvalue weighted by Gasteiger charge is 2.38. The first kappa shape index (κ1) is 12.3. The van der Waals surface area contributed by atoms with Gasteiger partial charge in [0.25, 0.3) is 0 Å². The Morgan fingerprint density at radius 2 is 1.74 bits per heavy atom. The van der Waals surface area contributed by atoms with Gasteiger partial charge in [0, 0.05) is 11.8 Å². The van der Waals surface area contributed by atoms with E-state index in [1.54, 1.807) is 0 Å². The first-order chi connectivity index (χ1) is 9.08. The summed E-state index contributed by atoms with van der Waals surface area (Å²) in [5.74, 6) is 0.414. The maximum atomic E-state index is 4.69. The molecule has 1 aromatic heterocycles. The van der Waals surface area contributed by atoms with Crippen LogP contribution in [0.15, 0.2) is 36.7 Å². The van der Waals surface area contributed by atoms with Crippen molar-refractivity contribution >= 4 is 0 Å². The molecule has 1 fully saturated rings. The van der Waals surface area contributed by atoms with E-state index in [1.807, 2.05) is 12.4 Å². The van der Waals surface area contributed by atoms with Crippen LogP contribution in [0.25, 0.3) is 11.3 Å². The van der Waals surface area contributed by atoms with E-state index in [0.29, 0.717) is 11.3 Å². The van der Waals surface area contributed by atoms with Crippen molar-refractivity contribution in [3.63, 3.8) is 0 Å². The highest BCUT2D eigenvalue weighted by atomic mass is 14.8. The summed E-state index contributed by atoms with van der Waals surface area (Å²) >= 11 is 0. The van der Waals surface area contributed by atoms with E-state index in [-0.39, 0.29) is 0 Å². The van der Waals surface area contributed by atoms with Gasteiger partial charge in [0.2, 0.25) is 0 Å². The topological polar surface area (TPSA) is 25.8 Å². The molecule has 0 spiro atoms. The molecule has 0 atom stereocenters. The summed E-state index contributed by atoms with van der Waals surface area (Å²) in [5, 5.41) is 0. The summed E-state index contributed by atoms with van der Waals surface area (Å²) in [4.78, 5) is 8.99. The summed E-state index contributed by atoms with van der Waals surface area (Å²) in [5.41, 5.74) is 5.06. The Morgan fingerprint density at radius 1 is 1.05 bits per heavy atom. The van der Waals surface area contributed by atoms with Crippen LogP contribution in [0, 0.1) is 0 Å². The number of hydrogen-bond acceptors (Lipinski definition) is 2. The first-order valence-electron chi connectivity index (χ1n) is 7.01. The van der Waals surface area contributed by atoms with Crippen LogP contribution in [0.1, 0.15) is 50.8 Å². The molecule has 3 rings (SSSR count). The summed E-state index contributed by atoms with van der Waals surface area (Å²) in [7, 11) is 0. The zero-order valence-corrected chi connectivity index (χ0v) is 11.9. The van der Waals surface area contributed by atoms with Crippen molar-refractivity contribution in [3.8, 4) is 11.3 Å². The zero-order valence-electron chi connectivity index (χ0n) is 11.9. The van der Waals surface area contributed by atoms with Crippen molar-refractivity contribution in [3.05, 3.63) is 47.9 Å². The van der Waals surface area contributed by atoms with Gasteiger partial charge in [-0.05, 0) is 29.7 Å². The zero-order chi connectivity index (χ0) is 13.5. The number of benzene rings is 1. The number of hydrogen-bond donors (Lipinski definition) is 0. The predicted octanol–water partition coefficient (Wildman–Crippen LogP) is 4.32. The van der Waals surface area contributed by atoms with Gasteiger partial charge < -0.3 is 0 Å². The molecule has 1 heterocycles. The van der Waals surface area contributed by atoms with Crippen LogP contribution in [0.2, 0.25) is 0 Å². The van der Waals surface area contributed by atoms with Gasteiger partial charge in [0.1, 0.15) is 0 Å². The molecule has 0 radical (unpaired) electrons. The quantitative estimate of drug-likeness (QED) is 0.813. The Balaban J connectivity index is 1.91. The fraction of sp³-hybridized carbons (Fsp3) is 0.412. The smallest absolute Gasteiger partial charge is 0.0888 e. The summed E-state index contributed by atoms with van der Waals surface area (Å²) < 4.78 is 0. The van der Waals surface area contributed by atoms with Gasteiger partial charge in [-0.3, -0.25) is 4.98 Å². The molecule has 0 unspecified atom stereocenters. The molecular formula is C17H20N2. The minimum Gasteiger partial charge on any atom is -0.261 e. The van der Waals surface area contributed by atoms with Crippen LogP contribution in [-0.4, -0.2) is 9.97 Å². The average molecular weight is 252 g/mol. The van der Waals surface area contributed by atoms with Crippen molar-refractivity contribution in [1.82, 2.24) is 9.97 Å². The number of nitrogens with zero attached hydrogens (tertiary/aromatic N) is 2. The van der Waals surface area contributed by atoms with Gasteiger partial charge >= 0.3 is 0 Å². The monoisotopic (exact) mass is 252 g/mol. The maximum Gasteiger partial charge on any atom is 0.0888 e. The van der Waals surface area contributed by atoms with Crippen molar-refractivity contribution in [2.24, 2.45) is 0 Å². The second-order valence-corrected chi connectivity index (χ2v) is 6.12. The molecule has 2 nitrogen and oxygen atoms in total. The molecule has 1 aromatic carbocycles. The molecule has 0 amide bonds. The van der Waals surface area contributed by atoms with E-state index >= 15 is 0 Å². The van der Waals surface area contributed by atoms with Gasteiger partial charge in [-0.1, -0.05) is 45.0 Å². The SMILES string of the molecule is CC(C)c1cncc(-c2ccc(C3(C)CC3)cc2)n1. The molecule has 0 saturated heterocycles. The fourth-order valence-corrected chi connectivity index (χ4v) is 2.32. The summed E-state index contributed by atoms with van der Waals surface area (Å²) in [6.45, 7) is 6.62. The van der Waals surface area contributed by atoms with Crippen LogP contribution in [0.5, 0.6) is 0 Å². The predicted molar refractivity (Wildman–Crippen MR) is 78.1 cm³/mol. The van der Waals surface area contributed by atoms with E-state index in [0.717, 1.165) is 17.0 Å². The molecule has 19 heavy (non-hydrogen) atoms. The molecule has 2 aromatic rings. The van der Waals surface area contributed by atoms with E-state index < -0.39 is 0 Å². The van der Waals surface area contributed by atoms with Gasteiger partial charge in [0.15, 0.2) is 0 Å². The summed E-state index contributed by atoms with van der Waals surface area (Å²) in [6.07, 6.45) is 6.33. The lowest BCUT2D eigenvalue weighted by molar-refractivity contribution is 0.788. The Morgan fingerprint density at radius 3 is 2.32 bits per heavy atom. The standard InChI is InChI=1S/C17H20N2/c1-12(2)15-10-18-11-16(19-15)13-4-6-14(7-5-13)17(3)8-9-17/h4-7,10-12H,8-9H2,1-3H3. The molecule has 98 valence electrons. The Hall–Kier alpha value is -1.70. The van der Waals surface area contributed by atoms with Crippen molar-refractivity contribution in [1.29, 1.82) is 0 Å². The Labute approximate surface area is 114 Å². The Kier molecular flexibility index (Phi) is 2.89. The molecule has 0 N–H and O–H groups in total. The molecular weight excluding hydrogens is 232 g/mol. The lowest BCUT2D eigenvalue weighted by Crippen LogP contribution is -1.99. The van der Waals surface area contributed by atoms with Crippen molar-refractivity contribution in [2.75, 3.05) is 0 Å². The van der Waals surface area contributed by atoms with Crippen LogP contribution in [0.3, 0.4) is 0 Å². The molecule has 0 bridgehead atoms. The second kappa shape index (κ2) is 4.44. The van der Waals surface area contributed by atoms with Gasteiger partial charge in [-0.2, -0.15) is 0 Å². The third kappa shape index (κ3) is 2.40. The number of rotatable bonds is 3. The highest BCUT2D eigenvalue weighted by molar-refractivity contribution is 5.59. The van der Waals surface area contributed by atoms with Crippen LogP contribution in [-0.2, 0) is 5.41 Å². The Bertz CT molecular complexity index is 580. The molecule has 1 aliphatic carbocycles. The fourth-order valence-electron chi connectivity index (χ4n) is 2.32. The van der Waals surface area contributed by atoms with Crippen molar-refractivity contribution < 1.29 is 0 Å². The van der Waals surface area contributed by atoms with E-state index in [2.05, 4.69) is 55.0 Å². The van der Waals surface area contributed by atoms with Crippen LogP contribution >= 0.6 is 0 Å². The van der Waals surface area contributed by atoms with Gasteiger partial charge in [-0.25, -0.2) is 4.98 Å². The third-order valence-corrected chi connectivity index (χ3v) is 4.12. The second-order valence-electron chi connectivity index (χ2n) is 6.12. The van der Waals surface area contributed by atoms with Gasteiger partial charge in [-0.15, -0.1) is 0 Å². The van der Waals surface area contributed by atoms with Gasteiger partial charge in [0.05, 0.1) is 17.6 Å². The number of aromatic nitrogens is 2. The molecule has 2 heteroatoms. The summed E-state index contributed by atoms with van der Waals surface area (Å²) in [6, 6.07) is 8.83. The third-order valence-electron chi connectivity index (χ3n) is 4.12.